The zero-order valence-corrected chi connectivity index (χ0v) is 11.5. The van der Waals surface area contributed by atoms with Crippen molar-refractivity contribution in [3.05, 3.63) is 12.4 Å². The van der Waals surface area contributed by atoms with Gasteiger partial charge in [0.15, 0.2) is 0 Å². The Morgan fingerprint density at radius 3 is 3.11 bits per heavy atom. The summed E-state index contributed by atoms with van der Waals surface area (Å²) in [4.78, 5) is 7.11. The van der Waals surface area contributed by atoms with E-state index in [-0.39, 0.29) is 0 Å². The first kappa shape index (κ1) is 12.0. The molecule has 18 heavy (non-hydrogen) atoms. The molecule has 3 rings (SSSR count). The lowest BCUT2D eigenvalue weighted by molar-refractivity contribution is 0.317. The molecule has 2 unspecified atom stereocenters. The van der Waals surface area contributed by atoms with Crippen molar-refractivity contribution < 1.29 is 0 Å². The van der Waals surface area contributed by atoms with Gasteiger partial charge in [0.2, 0.25) is 5.95 Å². The minimum absolute atomic E-state index is 0.598. The number of anilines is 1. The van der Waals surface area contributed by atoms with Crippen molar-refractivity contribution in [2.24, 2.45) is 5.92 Å². The van der Waals surface area contributed by atoms with E-state index in [1.807, 2.05) is 6.20 Å². The van der Waals surface area contributed by atoms with Crippen LogP contribution in [-0.4, -0.2) is 39.6 Å². The van der Waals surface area contributed by atoms with E-state index in [0.29, 0.717) is 12.0 Å². The fraction of sp³-hybridized carbons (Fsp3) is 0.786. The van der Waals surface area contributed by atoms with E-state index >= 15 is 0 Å². The lowest BCUT2D eigenvalue weighted by atomic mass is 10.1. The van der Waals surface area contributed by atoms with Gasteiger partial charge in [-0.1, -0.05) is 13.8 Å². The molecule has 2 fully saturated rings. The zero-order chi connectivity index (χ0) is 12.5. The average Bonchev–Trinajstić information content (AvgIpc) is 2.97. The van der Waals surface area contributed by atoms with Gasteiger partial charge in [0.1, 0.15) is 0 Å². The largest absolute Gasteiger partial charge is 0.351 e. The van der Waals surface area contributed by atoms with Crippen LogP contribution in [0.25, 0.3) is 0 Å². The fourth-order valence-corrected chi connectivity index (χ4v) is 3.41. The Kier molecular flexibility index (Phi) is 3.29. The number of nitrogens with zero attached hydrogens (tertiary/aromatic N) is 3. The number of aromatic nitrogens is 2. The molecule has 2 atom stereocenters. The third kappa shape index (κ3) is 2.26. The molecule has 2 aliphatic rings. The second-order valence-electron chi connectivity index (χ2n) is 6.08. The molecule has 0 spiro atoms. The molecule has 0 saturated carbocycles. The lowest BCUT2D eigenvalue weighted by Crippen LogP contribution is -2.34. The first-order valence-corrected chi connectivity index (χ1v) is 7.26. The van der Waals surface area contributed by atoms with Crippen LogP contribution in [-0.2, 0) is 6.54 Å². The summed E-state index contributed by atoms with van der Waals surface area (Å²) in [7, 11) is 0. The monoisotopic (exact) mass is 248 g/mol. The number of fused-ring (bicyclic) bond motifs is 1. The van der Waals surface area contributed by atoms with E-state index in [0.717, 1.165) is 18.5 Å². The lowest BCUT2D eigenvalue weighted by Gasteiger charge is -2.22. The second kappa shape index (κ2) is 4.92. The van der Waals surface area contributed by atoms with Crippen LogP contribution in [0, 0.1) is 5.92 Å². The van der Waals surface area contributed by atoms with Crippen LogP contribution < -0.4 is 5.32 Å². The van der Waals surface area contributed by atoms with E-state index in [2.05, 4.69) is 39.8 Å². The Balaban J connectivity index is 1.67. The summed E-state index contributed by atoms with van der Waals surface area (Å²) < 4.78 is 2.25. The maximum atomic E-state index is 4.48. The van der Waals surface area contributed by atoms with Crippen LogP contribution in [0.15, 0.2) is 12.4 Å². The molecule has 0 amide bonds. The number of nitrogens with one attached hydrogen (secondary N) is 1. The second-order valence-corrected chi connectivity index (χ2v) is 6.08. The molecule has 1 aromatic rings. The normalized spacial score (nSPS) is 27.9. The van der Waals surface area contributed by atoms with Gasteiger partial charge in [-0.2, -0.15) is 0 Å². The summed E-state index contributed by atoms with van der Waals surface area (Å²) in [5, 5.41) is 3.68. The molecule has 0 radical (unpaired) electrons. The summed E-state index contributed by atoms with van der Waals surface area (Å²) in [6.07, 6.45) is 7.97. The summed E-state index contributed by atoms with van der Waals surface area (Å²) >= 11 is 0. The van der Waals surface area contributed by atoms with Crippen LogP contribution in [0.4, 0.5) is 5.95 Å². The van der Waals surface area contributed by atoms with Gasteiger partial charge in [-0.15, -0.1) is 0 Å². The van der Waals surface area contributed by atoms with Crippen molar-refractivity contribution in [3.8, 4) is 0 Å². The predicted molar refractivity (Wildman–Crippen MR) is 73.7 cm³/mol. The molecule has 100 valence electrons. The van der Waals surface area contributed by atoms with E-state index < -0.39 is 0 Å². The van der Waals surface area contributed by atoms with Crippen LogP contribution in [0.3, 0.4) is 0 Å². The van der Waals surface area contributed by atoms with Crippen molar-refractivity contribution in [2.75, 3.05) is 18.4 Å². The predicted octanol–water partition coefficient (Wildman–Crippen LogP) is 2.19. The molecule has 4 heteroatoms. The number of rotatable bonds is 4. The van der Waals surface area contributed by atoms with E-state index in [1.54, 1.807) is 0 Å². The third-order valence-electron chi connectivity index (χ3n) is 4.20. The Bertz CT molecular complexity index is 398. The highest BCUT2D eigenvalue weighted by Crippen LogP contribution is 2.29. The number of hydrogen-bond donors (Lipinski definition) is 1. The van der Waals surface area contributed by atoms with Gasteiger partial charge in [-0.25, -0.2) is 4.98 Å². The minimum Gasteiger partial charge on any atom is -0.351 e. The summed E-state index contributed by atoms with van der Waals surface area (Å²) in [6, 6.07) is 1.34. The number of imidazole rings is 1. The van der Waals surface area contributed by atoms with Gasteiger partial charge >= 0.3 is 0 Å². The Hall–Kier alpha value is -1.03. The van der Waals surface area contributed by atoms with Crippen molar-refractivity contribution in [2.45, 2.75) is 51.7 Å². The summed E-state index contributed by atoms with van der Waals surface area (Å²) in [6.45, 7) is 8.09. The highest BCUT2D eigenvalue weighted by atomic mass is 15.3. The van der Waals surface area contributed by atoms with Gasteiger partial charge in [0.05, 0.1) is 0 Å². The van der Waals surface area contributed by atoms with E-state index in [1.165, 1.54) is 32.4 Å². The van der Waals surface area contributed by atoms with Crippen LogP contribution in [0.1, 0.15) is 33.1 Å². The maximum absolute atomic E-state index is 4.48. The quantitative estimate of drug-likeness (QED) is 0.886. The van der Waals surface area contributed by atoms with Crippen molar-refractivity contribution in [1.82, 2.24) is 14.5 Å². The molecule has 4 nitrogen and oxygen atoms in total. The Morgan fingerprint density at radius 2 is 2.28 bits per heavy atom. The molecule has 2 aliphatic heterocycles. The Morgan fingerprint density at radius 1 is 1.39 bits per heavy atom. The van der Waals surface area contributed by atoms with Crippen LogP contribution >= 0.6 is 0 Å². The highest BCUT2D eigenvalue weighted by molar-refractivity contribution is 5.29. The van der Waals surface area contributed by atoms with Gasteiger partial charge in [0.25, 0.3) is 0 Å². The van der Waals surface area contributed by atoms with Gasteiger partial charge in [-0.3, -0.25) is 4.90 Å². The van der Waals surface area contributed by atoms with Gasteiger partial charge < -0.3 is 9.88 Å². The zero-order valence-electron chi connectivity index (χ0n) is 11.5. The van der Waals surface area contributed by atoms with Crippen LogP contribution in [0.2, 0.25) is 0 Å². The van der Waals surface area contributed by atoms with Crippen molar-refractivity contribution in [3.63, 3.8) is 0 Å². The van der Waals surface area contributed by atoms with E-state index in [4.69, 9.17) is 0 Å². The minimum atomic E-state index is 0.598. The first-order chi connectivity index (χ1) is 8.74. The Labute approximate surface area is 109 Å². The standard InChI is InChI=1S/C14H24N4/c1-11(2)10-18-9-6-15-14(18)16-12-5-8-17-7-3-4-13(12)17/h6,9,11-13H,3-5,7-8,10H2,1-2H3,(H,15,16). The van der Waals surface area contributed by atoms with Gasteiger partial charge in [-0.05, 0) is 31.7 Å². The first-order valence-electron chi connectivity index (χ1n) is 7.26. The molecule has 1 N–H and O–H groups in total. The average molecular weight is 248 g/mol. The number of hydrogen-bond acceptors (Lipinski definition) is 3. The molecule has 0 bridgehead atoms. The topological polar surface area (TPSA) is 33.1 Å². The molecule has 0 aromatic carbocycles. The van der Waals surface area contributed by atoms with Gasteiger partial charge in [0, 0.05) is 37.6 Å². The molecule has 1 aromatic heterocycles. The summed E-state index contributed by atoms with van der Waals surface area (Å²) in [5.74, 6) is 1.72. The highest BCUT2D eigenvalue weighted by Gasteiger charge is 2.37. The third-order valence-corrected chi connectivity index (χ3v) is 4.20. The molecule has 0 aliphatic carbocycles. The van der Waals surface area contributed by atoms with Crippen molar-refractivity contribution >= 4 is 5.95 Å². The van der Waals surface area contributed by atoms with Crippen molar-refractivity contribution in [1.29, 1.82) is 0 Å². The maximum Gasteiger partial charge on any atom is 0.203 e. The molecule has 3 heterocycles. The summed E-state index contributed by atoms with van der Waals surface area (Å²) in [5.41, 5.74) is 0. The van der Waals surface area contributed by atoms with Crippen LogP contribution in [0.5, 0.6) is 0 Å². The SMILES string of the molecule is CC(C)Cn1ccnc1NC1CCN2CCCC12. The molecular weight excluding hydrogens is 224 g/mol. The fourth-order valence-electron chi connectivity index (χ4n) is 3.41. The molecular formula is C14H24N4. The smallest absolute Gasteiger partial charge is 0.203 e. The molecule has 2 saturated heterocycles. The van der Waals surface area contributed by atoms with E-state index in [9.17, 15) is 0 Å².